The lowest BCUT2D eigenvalue weighted by Gasteiger charge is -2.46. The minimum Gasteiger partial charge on any atom is -0.457 e. The molecule has 5 atom stereocenters. The fraction of sp³-hybridized carbons (Fsp3) is 0.857. The van der Waals surface area contributed by atoms with Gasteiger partial charge in [0, 0.05) is 6.54 Å². The highest BCUT2D eigenvalue weighted by atomic mass is 19.4. The van der Waals surface area contributed by atoms with Gasteiger partial charge < -0.3 is 14.4 Å². The number of esters is 1. The van der Waals surface area contributed by atoms with Gasteiger partial charge in [-0.25, -0.2) is 4.79 Å². The second kappa shape index (κ2) is 7.55. The van der Waals surface area contributed by atoms with E-state index in [1.807, 2.05) is 0 Å². The summed E-state index contributed by atoms with van der Waals surface area (Å²) < 4.78 is 50.2. The van der Waals surface area contributed by atoms with E-state index in [1.54, 1.807) is 41.5 Å². The predicted molar refractivity (Wildman–Crippen MR) is 104 cm³/mol. The van der Waals surface area contributed by atoms with Crippen molar-refractivity contribution in [3.8, 4) is 0 Å². The van der Waals surface area contributed by atoms with Crippen molar-refractivity contribution in [3.05, 3.63) is 0 Å². The van der Waals surface area contributed by atoms with Crippen molar-refractivity contribution in [1.29, 1.82) is 0 Å². The molecule has 0 aromatic carbocycles. The maximum atomic E-state index is 13.0. The van der Waals surface area contributed by atoms with Crippen LogP contribution in [0, 0.1) is 11.3 Å². The van der Waals surface area contributed by atoms with Crippen molar-refractivity contribution in [1.82, 2.24) is 9.80 Å². The highest BCUT2D eigenvalue weighted by Gasteiger charge is 2.63. The summed E-state index contributed by atoms with van der Waals surface area (Å²) in [6, 6.07) is -1.92. The molecule has 176 valence electrons. The molecule has 10 heteroatoms. The van der Waals surface area contributed by atoms with Crippen LogP contribution in [0.5, 0.6) is 0 Å². The Morgan fingerprint density at radius 1 is 0.968 bits per heavy atom. The van der Waals surface area contributed by atoms with Crippen LogP contribution >= 0.6 is 0 Å². The zero-order chi connectivity index (χ0) is 23.5. The minimum atomic E-state index is -4.64. The first-order valence-corrected chi connectivity index (χ1v) is 10.6. The first kappa shape index (κ1) is 23.7. The lowest BCUT2D eigenvalue weighted by Crippen LogP contribution is -2.59. The van der Waals surface area contributed by atoms with E-state index < -0.39 is 65.8 Å². The fourth-order valence-corrected chi connectivity index (χ4v) is 4.80. The van der Waals surface area contributed by atoms with Gasteiger partial charge in [0.2, 0.25) is 5.91 Å². The van der Waals surface area contributed by atoms with Gasteiger partial charge in [-0.15, -0.1) is 0 Å². The van der Waals surface area contributed by atoms with Crippen LogP contribution in [0.25, 0.3) is 0 Å². The van der Waals surface area contributed by atoms with Crippen LogP contribution < -0.4 is 0 Å². The number of carbonyl (C=O) groups is 3. The van der Waals surface area contributed by atoms with E-state index in [2.05, 4.69) is 0 Å². The van der Waals surface area contributed by atoms with E-state index in [0.717, 1.165) is 0 Å². The molecule has 3 aliphatic rings. The molecule has 3 aliphatic heterocycles. The number of halogens is 3. The smallest absolute Gasteiger partial charge is 0.410 e. The van der Waals surface area contributed by atoms with Crippen LogP contribution in [-0.2, 0) is 19.1 Å². The molecule has 0 radical (unpaired) electrons. The van der Waals surface area contributed by atoms with E-state index in [-0.39, 0.29) is 12.5 Å². The van der Waals surface area contributed by atoms with Gasteiger partial charge in [0.1, 0.15) is 18.1 Å². The quantitative estimate of drug-likeness (QED) is 0.605. The van der Waals surface area contributed by atoms with Crippen molar-refractivity contribution >= 4 is 18.0 Å². The van der Waals surface area contributed by atoms with Crippen molar-refractivity contribution < 1.29 is 37.0 Å². The number of nitrogens with zero attached hydrogens (tertiary/aromatic N) is 2. The Bertz CT molecular complexity index is 756. The Morgan fingerprint density at radius 2 is 1.55 bits per heavy atom. The van der Waals surface area contributed by atoms with Gasteiger partial charge in [-0.3, -0.25) is 14.5 Å². The van der Waals surface area contributed by atoms with Crippen LogP contribution in [0.2, 0.25) is 0 Å². The first-order chi connectivity index (χ1) is 14.0. The average molecular weight is 448 g/mol. The first-order valence-electron chi connectivity index (χ1n) is 10.6. The monoisotopic (exact) mass is 448 g/mol. The molecule has 0 aliphatic carbocycles. The summed E-state index contributed by atoms with van der Waals surface area (Å²) in [5, 5.41) is 0. The molecule has 0 spiro atoms. The topological polar surface area (TPSA) is 76.2 Å². The van der Waals surface area contributed by atoms with Crippen molar-refractivity contribution in [2.24, 2.45) is 11.3 Å². The molecule has 7 nitrogen and oxygen atoms in total. The number of likely N-dealkylation sites (tertiary alicyclic amines) is 1. The van der Waals surface area contributed by atoms with E-state index in [1.165, 1.54) is 9.80 Å². The highest BCUT2D eigenvalue weighted by Crippen LogP contribution is 2.48. The molecule has 0 aromatic rings. The Balaban J connectivity index is 1.95. The third kappa shape index (κ3) is 4.92. The number of piperidine rings is 2. The number of hydrogen-bond acceptors (Lipinski definition) is 5. The molecule has 31 heavy (non-hydrogen) atoms. The van der Waals surface area contributed by atoms with Crippen molar-refractivity contribution in [2.75, 3.05) is 6.54 Å². The lowest BCUT2D eigenvalue weighted by atomic mass is 9.86. The maximum absolute atomic E-state index is 13.0. The molecule has 3 bridgehead atoms. The maximum Gasteiger partial charge on any atom is 0.410 e. The van der Waals surface area contributed by atoms with Gasteiger partial charge in [0.05, 0.1) is 23.5 Å². The number of hydrogen-bond donors (Lipinski definition) is 0. The molecule has 3 fully saturated rings. The van der Waals surface area contributed by atoms with Gasteiger partial charge in [-0.05, 0) is 60.3 Å². The average Bonchev–Trinajstić information content (AvgIpc) is 2.66. The fourth-order valence-electron chi connectivity index (χ4n) is 4.80. The van der Waals surface area contributed by atoms with Crippen LogP contribution in [0.1, 0.15) is 60.8 Å². The molecule has 3 heterocycles. The van der Waals surface area contributed by atoms with Gasteiger partial charge >= 0.3 is 18.2 Å². The molecule has 0 aromatic heterocycles. The minimum absolute atomic E-state index is 0.0690. The normalized spacial score (nSPS) is 30.4. The number of ether oxygens (including phenoxy) is 2. The van der Waals surface area contributed by atoms with E-state index in [4.69, 9.17) is 9.47 Å². The highest BCUT2D eigenvalue weighted by molar-refractivity contribution is 5.79. The molecule has 0 N–H and O–H groups in total. The zero-order valence-electron chi connectivity index (χ0n) is 18.8. The third-order valence-electron chi connectivity index (χ3n) is 5.92. The second-order valence-corrected chi connectivity index (χ2v) is 10.8. The summed E-state index contributed by atoms with van der Waals surface area (Å²) >= 11 is 0. The van der Waals surface area contributed by atoms with Gasteiger partial charge in [-0.2, -0.15) is 13.2 Å². The summed E-state index contributed by atoms with van der Waals surface area (Å²) in [4.78, 5) is 40.9. The van der Waals surface area contributed by atoms with Crippen LogP contribution in [0.4, 0.5) is 18.0 Å². The van der Waals surface area contributed by atoms with Crippen LogP contribution in [-0.4, -0.2) is 70.3 Å². The Kier molecular flexibility index (Phi) is 5.76. The Morgan fingerprint density at radius 3 is 2.06 bits per heavy atom. The van der Waals surface area contributed by atoms with Gasteiger partial charge in [0.15, 0.2) is 0 Å². The Hall–Kier alpha value is -2.00. The molecular weight excluding hydrogens is 417 g/mol. The van der Waals surface area contributed by atoms with Crippen molar-refractivity contribution in [3.63, 3.8) is 0 Å². The van der Waals surface area contributed by atoms with E-state index in [0.29, 0.717) is 12.8 Å². The summed E-state index contributed by atoms with van der Waals surface area (Å²) in [7, 11) is 0. The lowest BCUT2D eigenvalue weighted by molar-refractivity contribution is -0.171. The number of alkyl halides is 3. The standard InChI is InChI=1S/C21H31F3N2O5/c1-19(2,3)17(28)30-16-13-8-11-7-12(26(13)18(29)31-20(4,5)6)15(16)25(10-11)14(27)9-21(22,23)24/h11-13,15-16H,7-10H2,1-6H3/t11?,12-,13?,15?,16+/m1/s1. The summed E-state index contributed by atoms with van der Waals surface area (Å²) in [5.41, 5.74) is -1.61. The van der Waals surface area contributed by atoms with E-state index in [9.17, 15) is 27.6 Å². The number of rotatable bonds is 2. The number of amides is 2. The van der Waals surface area contributed by atoms with Crippen molar-refractivity contribution in [2.45, 2.75) is 96.8 Å². The van der Waals surface area contributed by atoms with E-state index >= 15 is 0 Å². The number of fused-ring (bicyclic) bond motifs is 2. The van der Waals surface area contributed by atoms with Crippen LogP contribution in [0.15, 0.2) is 0 Å². The molecule has 3 rings (SSSR count). The SMILES string of the molecule is CC(C)(C)OC(=O)N1C2CC3C[C@@H]1C([C@H]2OC(=O)C(C)(C)C)N(C(=O)CC(F)(F)F)C3. The largest absolute Gasteiger partial charge is 0.457 e. The van der Waals surface area contributed by atoms with Gasteiger partial charge in [0.25, 0.3) is 0 Å². The molecule has 3 unspecified atom stereocenters. The zero-order valence-corrected chi connectivity index (χ0v) is 18.8. The third-order valence-corrected chi connectivity index (χ3v) is 5.92. The molecule has 2 amide bonds. The number of carbonyl (C=O) groups excluding carboxylic acids is 3. The molecule has 3 saturated heterocycles. The summed E-state index contributed by atoms with van der Waals surface area (Å²) in [5.74, 6) is -1.66. The predicted octanol–water partition coefficient (Wildman–Crippen LogP) is 3.51. The summed E-state index contributed by atoms with van der Waals surface area (Å²) in [6.07, 6.45) is -6.77. The Labute approximate surface area is 180 Å². The molecular formula is C21H31F3N2O5. The summed E-state index contributed by atoms with van der Waals surface area (Å²) in [6.45, 7) is 10.3. The van der Waals surface area contributed by atoms with Gasteiger partial charge in [-0.1, -0.05) is 0 Å². The molecule has 0 saturated carbocycles. The second-order valence-electron chi connectivity index (χ2n) is 10.8. The van der Waals surface area contributed by atoms with Crippen LogP contribution in [0.3, 0.4) is 0 Å².